The highest BCUT2D eigenvalue weighted by molar-refractivity contribution is 7.11. The molecule has 1 aromatic rings. The molecule has 0 atom stereocenters. The molecule has 3 rings (SSSR count). The van der Waals surface area contributed by atoms with Gasteiger partial charge in [0.05, 0.1) is 5.69 Å². The van der Waals surface area contributed by atoms with E-state index >= 15 is 0 Å². The summed E-state index contributed by atoms with van der Waals surface area (Å²) in [7, 11) is 1.86. The molecule has 0 amide bonds. The van der Waals surface area contributed by atoms with Gasteiger partial charge in [-0.2, -0.15) is 0 Å². The van der Waals surface area contributed by atoms with Gasteiger partial charge in [-0.05, 0) is 25.7 Å². The Morgan fingerprint density at radius 1 is 1.35 bits per heavy atom. The largest absolute Gasteiger partial charge is 0.371 e. The van der Waals surface area contributed by atoms with Crippen molar-refractivity contribution >= 4 is 11.3 Å². The second-order valence-corrected chi connectivity index (χ2v) is 7.63. The van der Waals surface area contributed by atoms with Crippen LogP contribution >= 0.6 is 11.3 Å². The van der Waals surface area contributed by atoms with E-state index in [4.69, 9.17) is 9.72 Å². The summed E-state index contributed by atoms with van der Waals surface area (Å²) >= 11 is 1.89. The van der Waals surface area contributed by atoms with Crippen molar-refractivity contribution in [3.63, 3.8) is 0 Å². The average Bonchev–Trinajstić information content (AvgIpc) is 3.01. The average molecular weight is 294 g/mol. The van der Waals surface area contributed by atoms with Crippen LogP contribution in [-0.4, -0.2) is 18.1 Å². The normalized spacial score (nSPS) is 21.8. The van der Waals surface area contributed by atoms with Crippen LogP contribution in [0.15, 0.2) is 0 Å². The van der Waals surface area contributed by atoms with Crippen LogP contribution in [0, 0.1) is 0 Å². The zero-order valence-electron chi connectivity index (χ0n) is 12.9. The highest BCUT2D eigenvalue weighted by Crippen LogP contribution is 2.48. The Bertz CT molecular complexity index is 459. The SMILES string of the molecule is COC1(c2nc(C3CC3)c(CNC(C)C)s2)CCCC1. The van der Waals surface area contributed by atoms with E-state index in [0.29, 0.717) is 6.04 Å². The maximum Gasteiger partial charge on any atom is 0.125 e. The van der Waals surface area contributed by atoms with Crippen molar-refractivity contribution in [1.82, 2.24) is 10.3 Å². The number of nitrogens with zero attached hydrogens (tertiary/aromatic N) is 1. The van der Waals surface area contributed by atoms with Crippen LogP contribution in [0.3, 0.4) is 0 Å². The molecule has 3 nitrogen and oxygen atoms in total. The van der Waals surface area contributed by atoms with Crippen molar-refractivity contribution in [1.29, 1.82) is 0 Å². The lowest BCUT2D eigenvalue weighted by atomic mass is 10.0. The molecule has 0 aliphatic heterocycles. The van der Waals surface area contributed by atoms with Crippen LogP contribution in [0.1, 0.15) is 73.9 Å². The minimum Gasteiger partial charge on any atom is -0.371 e. The van der Waals surface area contributed by atoms with Crippen LogP contribution in [-0.2, 0) is 16.9 Å². The van der Waals surface area contributed by atoms with Crippen LogP contribution in [0.4, 0.5) is 0 Å². The highest BCUT2D eigenvalue weighted by atomic mass is 32.1. The van der Waals surface area contributed by atoms with Gasteiger partial charge in [-0.15, -0.1) is 11.3 Å². The fraction of sp³-hybridized carbons (Fsp3) is 0.812. The summed E-state index contributed by atoms with van der Waals surface area (Å²) < 4.78 is 5.91. The van der Waals surface area contributed by atoms with Gasteiger partial charge in [0, 0.05) is 30.5 Å². The third kappa shape index (κ3) is 2.78. The van der Waals surface area contributed by atoms with E-state index in [1.165, 1.54) is 41.3 Å². The molecule has 0 radical (unpaired) electrons. The van der Waals surface area contributed by atoms with Gasteiger partial charge in [0.25, 0.3) is 0 Å². The summed E-state index contributed by atoms with van der Waals surface area (Å²) in [5.74, 6) is 0.722. The van der Waals surface area contributed by atoms with Gasteiger partial charge in [0.1, 0.15) is 10.6 Å². The van der Waals surface area contributed by atoms with Gasteiger partial charge in [-0.25, -0.2) is 4.98 Å². The molecule has 0 unspecified atom stereocenters. The minimum absolute atomic E-state index is 0.0790. The van der Waals surface area contributed by atoms with Gasteiger partial charge in [0.2, 0.25) is 0 Å². The van der Waals surface area contributed by atoms with Crippen LogP contribution in [0.2, 0.25) is 0 Å². The van der Waals surface area contributed by atoms with Gasteiger partial charge < -0.3 is 10.1 Å². The van der Waals surface area contributed by atoms with E-state index in [0.717, 1.165) is 25.3 Å². The second kappa shape index (κ2) is 5.74. The van der Waals surface area contributed by atoms with Crippen LogP contribution < -0.4 is 5.32 Å². The molecule has 1 heterocycles. The van der Waals surface area contributed by atoms with Crippen molar-refractivity contribution in [2.45, 2.75) is 76.5 Å². The zero-order valence-corrected chi connectivity index (χ0v) is 13.7. The molecule has 4 heteroatoms. The minimum atomic E-state index is -0.0790. The quantitative estimate of drug-likeness (QED) is 0.863. The highest BCUT2D eigenvalue weighted by Gasteiger charge is 2.40. The molecule has 20 heavy (non-hydrogen) atoms. The van der Waals surface area contributed by atoms with E-state index in [-0.39, 0.29) is 5.60 Å². The maximum atomic E-state index is 5.91. The number of methoxy groups -OCH3 is 1. The molecule has 0 aromatic carbocycles. The molecule has 1 aromatic heterocycles. The van der Waals surface area contributed by atoms with E-state index in [2.05, 4.69) is 19.2 Å². The lowest BCUT2D eigenvalue weighted by molar-refractivity contribution is -0.00896. The lowest BCUT2D eigenvalue weighted by Gasteiger charge is -2.24. The number of aromatic nitrogens is 1. The third-order valence-electron chi connectivity index (χ3n) is 4.55. The number of hydrogen-bond acceptors (Lipinski definition) is 4. The van der Waals surface area contributed by atoms with E-state index in [1.807, 2.05) is 18.4 Å². The molecule has 2 fully saturated rings. The number of hydrogen-bond donors (Lipinski definition) is 1. The van der Waals surface area contributed by atoms with Gasteiger partial charge in [0.15, 0.2) is 0 Å². The Hall–Kier alpha value is -0.450. The Morgan fingerprint density at radius 3 is 2.60 bits per heavy atom. The van der Waals surface area contributed by atoms with Crippen molar-refractivity contribution in [2.75, 3.05) is 7.11 Å². The molecule has 2 saturated carbocycles. The van der Waals surface area contributed by atoms with Crippen LogP contribution in [0.25, 0.3) is 0 Å². The lowest BCUT2D eigenvalue weighted by Crippen LogP contribution is -2.24. The van der Waals surface area contributed by atoms with Crippen molar-refractivity contribution < 1.29 is 4.74 Å². The van der Waals surface area contributed by atoms with Gasteiger partial charge >= 0.3 is 0 Å². The van der Waals surface area contributed by atoms with Crippen molar-refractivity contribution in [2.24, 2.45) is 0 Å². The third-order valence-corrected chi connectivity index (χ3v) is 5.81. The molecule has 0 saturated heterocycles. The monoisotopic (exact) mass is 294 g/mol. The summed E-state index contributed by atoms with van der Waals surface area (Å²) in [4.78, 5) is 6.47. The molecule has 112 valence electrons. The number of rotatable bonds is 6. The topological polar surface area (TPSA) is 34.1 Å². The summed E-state index contributed by atoms with van der Waals surface area (Å²) in [6, 6.07) is 0.524. The first-order valence-electron chi connectivity index (χ1n) is 7.93. The Labute approximate surface area is 126 Å². The standard InChI is InChI=1S/C16H26N2OS/c1-11(2)17-10-13-14(12-6-7-12)18-15(20-13)16(19-3)8-4-5-9-16/h11-12,17H,4-10H2,1-3H3. The summed E-state index contributed by atoms with van der Waals surface area (Å²) in [6.07, 6.45) is 7.45. The van der Waals surface area contributed by atoms with Gasteiger partial charge in [-0.1, -0.05) is 26.7 Å². The Balaban J connectivity index is 1.86. The number of thiazole rings is 1. The smallest absolute Gasteiger partial charge is 0.125 e. The number of ether oxygens (including phenoxy) is 1. The van der Waals surface area contributed by atoms with E-state index in [1.54, 1.807) is 0 Å². The molecule has 2 aliphatic rings. The maximum absolute atomic E-state index is 5.91. The fourth-order valence-corrected chi connectivity index (χ4v) is 4.43. The fourth-order valence-electron chi connectivity index (χ4n) is 3.11. The molecule has 0 spiro atoms. The van der Waals surface area contributed by atoms with Crippen LogP contribution in [0.5, 0.6) is 0 Å². The summed E-state index contributed by atoms with van der Waals surface area (Å²) in [5.41, 5.74) is 1.28. The first-order chi connectivity index (χ1) is 9.64. The molecule has 1 N–H and O–H groups in total. The Morgan fingerprint density at radius 2 is 2.05 bits per heavy atom. The summed E-state index contributed by atoms with van der Waals surface area (Å²) in [6.45, 7) is 5.36. The molecule has 0 bridgehead atoms. The first-order valence-corrected chi connectivity index (χ1v) is 8.75. The number of nitrogens with one attached hydrogen (secondary N) is 1. The predicted octanol–water partition coefficient (Wildman–Crippen LogP) is 3.93. The summed E-state index contributed by atoms with van der Waals surface area (Å²) in [5, 5.41) is 4.78. The molecule has 2 aliphatic carbocycles. The van der Waals surface area contributed by atoms with Gasteiger partial charge in [-0.3, -0.25) is 0 Å². The van der Waals surface area contributed by atoms with Crippen molar-refractivity contribution in [3.05, 3.63) is 15.6 Å². The van der Waals surface area contributed by atoms with E-state index < -0.39 is 0 Å². The predicted molar refractivity (Wildman–Crippen MR) is 83.2 cm³/mol. The molecular weight excluding hydrogens is 268 g/mol. The van der Waals surface area contributed by atoms with E-state index in [9.17, 15) is 0 Å². The second-order valence-electron chi connectivity index (χ2n) is 6.54. The Kier molecular flexibility index (Phi) is 4.16. The molecular formula is C16H26N2OS. The zero-order chi connectivity index (χ0) is 14.2. The first kappa shape index (κ1) is 14.5. The van der Waals surface area contributed by atoms with Crippen molar-refractivity contribution in [3.8, 4) is 0 Å².